The van der Waals surface area contributed by atoms with Gasteiger partial charge in [-0.2, -0.15) is 0 Å². The Bertz CT molecular complexity index is 755. The minimum atomic E-state index is -0.220. The Morgan fingerprint density at radius 2 is 2.14 bits per heavy atom. The Morgan fingerprint density at radius 1 is 1.19 bits per heavy atom. The molecule has 0 bridgehead atoms. The maximum absolute atomic E-state index is 12.0. The van der Waals surface area contributed by atoms with Crippen LogP contribution in [0.15, 0.2) is 46.7 Å². The van der Waals surface area contributed by atoms with Crippen LogP contribution in [0.25, 0.3) is 0 Å². The van der Waals surface area contributed by atoms with Gasteiger partial charge in [-0.05, 0) is 23.6 Å². The zero-order chi connectivity index (χ0) is 14.5. The van der Waals surface area contributed by atoms with Crippen molar-refractivity contribution in [1.29, 1.82) is 0 Å². The van der Waals surface area contributed by atoms with Crippen LogP contribution in [0.4, 0.5) is 5.95 Å². The van der Waals surface area contributed by atoms with E-state index >= 15 is 0 Å². The van der Waals surface area contributed by atoms with E-state index in [9.17, 15) is 4.79 Å². The van der Waals surface area contributed by atoms with Gasteiger partial charge in [-0.1, -0.05) is 12.1 Å². The first-order valence-electron chi connectivity index (χ1n) is 6.43. The average Bonchev–Trinajstić information content (AvgIpc) is 3.02. The second kappa shape index (κ2) is 6.27. The number of hydrogen-bond donors (Lipinski definition) is 2. The number of aromatic amines is 1. The Morgan fingerprint density at radius 3 is 2.86 bits per heavy atom. The summed E-state index contributed by atoms with van der Waals surface area (Å²) in [4.78, 5) is 19.9. The molecule has 0 spiro atoms. The fourth-order valence-electron chi connectivity index (χ4n) is 1.81. The van der Waals surface area contributed by atoms with Crippen molar-refractivity contribution < 1.29 is 0 Å². The number of hydrogen-bond acceptors (Lipinski definition) is 6. The van der Waals surface area contributed by atoms with Gasteiger partial charge < -0.3 is 5.32 Å². The molecule has 0 radical (unpaired) electrons. The van der Waals surface area contributed by atoms with Crippen LogP contribution in [-0.2, 0) is 13.0 Å². The zero-order valence-corrected chi connectivity index (χ0v) is 11.9. The fraction of sp³-hybridized carbons (Fsp3) is 0.143. The quantitative estimate of drug-likeness (QED) is 0.751. The van der Waals surface area contributed by atoms with Crippen molar-refractivity contribution in [1.82, 2.24) is 20.2 Å². The predicted molar refractivity (Wildman–Crippen MR) is 81.3 cm³/mol. The van der Waals surface area contributed by atoms with E-state index in [2.05, 4.69) is 25.5 Å². The summed E-state index contributed by atoms with van der Waals surface area (Å²) < 4.78 is 0. The minimum Gasteiger partial charge on any atom is -0.349 e. The summed E-state index contributed by atoms with van der Waals surface area (Å²) in [5.41, 5.74) is 1.06. The number of H-pyrrole nitrogens is 1. The summed E-state index contributed by atoms with van der Waals surface area (Å²) in [5, 5.41) is 13.0. The van der Waals surface area contributed by atoms with Gasteiger partial charge in [-0.3, -0.25) is 14.8 Å². The summed E-state index contributed by atoms with van der Waals surface area (Å²) in [6, 6.07) is 9.57. The lowest BCUT2D eigenvalue weighted by molar-refractivity contribution is 0.859. The molecule has 0 saturated heterocycles. The molecule has 0 aliphatic heterocycles. The molecular weight excluding hydrogens is 286 g/mol. The molecule has 0 amide bonds. The van der Waals surface area contributed by atoms with Gasteiger partial charge in [0.25, 0.3) is 5.56 Å². The largest absolute Gasteiger partial charge is 0.349 e. The number of aromatic nitrogens is 4. The van der Waals surface area contributed by atoms with Crippen LogP contribution in [0.2, 0.25) is 0 Å². The first-order chi connectivity index (χ1) is 10.3. The van der Waals surface area contributed by atoms with Gasteiger partial charge >= 0.3 is 0 Å². The summed E-state index contributed by atoms with van der Waals surface area (Å²) >= 11 is 1.59. The SMILES string of the molecule is O=c1[nH]c(NCc2ccccn2)nnc1Cc1cccs1. The van der Waals surface area contributed by atoms with Crippen LogP contribution >= 0.6 is 11.3 Å². The molecule has 3 rings (SSSR count). The third-order valence-corrected chi connectivity index (χ3v) is 3.73. The average molecular weight is 299 g/mol. The smallest absolute Gasteiger partial charge is 0.274 e. The fourth-order valence-corrected chi connectivity index (χ4v) is 2.52. The topological polar surface area (TPSA) is 83.6 Å². The van der Waals surface area contributed by atoms with E-state index in [4.69, 9.17) is 0 Å². The molecule has 3 heterocycles. The first-order valence-corrected chi connectivity index (χ1v) is 7.31. The lowest BCUT2D eigenvalue weighted by Crippen LogP contribution is -2.19. The summed E-state index contributed by atoms with van der Waals surface area (Å²) in [6.45, 7) is 0.482. The lowest BCUT2D eigenvalue weighted by atomic mass is 10.3. The maximum Gasteiger partial charge on any atom is 0.274 e. The molecule has 0 unspecified atom stereocenters. The highest BCUT2D eigenvalue weighted by Gasteiger charge is 2.06. The van der Waals surface area contributed by atoms with Gasteiger partial charge in [0, 0.05) is 17.5 Å². The lowest BCUT2D eigenvalue weighted by Gasteiger charge is -2.04. The summed E-state index contributed by atoms with van der Waals surface area (Å²) in [7, 11) is 0. The summed E-state index contributed by atoms with van der Waals surface area (Å²) in [6.07, 6.45) is 2.22. The van der Waals surface area contributed by atoms with Crippen molar-refractivity contribution in [2.75, 3.05) is 5.32 Å². The Balaban J connectivity index is 1.68. The van der Waals surface area contributed by atoms with Crippen molar-refractivity contribution in [3.05, 3.63) is 68.5 Å². The number of thiophene rings is 1. The molecule has 7 heteroatoms. The Kier molecular flexibility index (Phi) is 4.02. The van der Waals surface area contributed by atoms with Crippen LogP contribution in [0, 0.1) is 0 Å². The molecule has 3 aromatic rings. The van der Waals surface area contributed by atoms with E-state index in [0.717, 1.165) is 10.6 Å². The van der Waals surface area contributed by atoms with Gasteiger partial charge in [0.1, 0.15) is 5.69 Å². The van der Waals surface area contributed by atoms with E-state index in [0.29, 0.717) is 24.6 Å². The molecule has 2 N–H and O–H groups in total. The van der Waals surface area contributed by atoms with Crippen LogP contribution in [-0.4, -0.2) is 20.2 Å². The molecular formula is C14H13N5OS. The molecule has 21 heavy (non-hydrogen) atoms. The predicted octanol–water partition coefficient (Wildman–Crippen LogP) is 1.82. The second-order valence-corrected chi connectivity index (χ2v) is 5.41. The number of pyridine rings is 1. The number of nitrogens with zero attached hydrogens (tertiary/aromatic N) is 3. The molecule has 0 aliphatic rings. The zero-order valence-electron chi connectivity index (χ0n) is 11.1. The van der Waals surface area contributed by atoms with Crippen molar-refractivity contribution in [2.24, 2.45) is 0 Å². The second-order valence-electron chi connectivity index (χ2n) is 4.38. The highest BCUT2D eigenvalue weighted by Crippen LogP contribution is 2.11. The maximum atomic E-state index is 12.0. The van der Waals surface area contributed by atoms with Crippen molar-refractivity contribution >= 4 is 17.3 Å². The van der Waals surface area contributed by atoms with E-state index in [-0.39, 0.29) is 5.56 Å². The molecule has 6 nitrogen and oxygen atoms in total. The highest BCUT2D eigenvalue weighted by molar-refractivity contribution is 7.09. The van der Waals surface area contributed by atoms with Gasteiger partial charge in [0.2, 0.25) is 5.95 Å². The van der Waals surface area contributed by atoms with E-state index in [1.807, 2.05) is 35.7 Å². The van der Waals surface area contributed by atoms with Gasteiger partial charge in [-0.15, -0.1) is 21.5 Å². The third kappa shape index (κ3) is 3.51. The molecule has 0 atom stereocenters. The standard InChI is InChI=1S/C14H13N5OS/c20-13-12(8-11-5-3-7-21-11)18-19-14(17-13)16-9-10-4-1-2-6-15-10/h1-7H,8-9H2,(H2,16,17,19,20). The molecule has 0 saturated carbocycles. The van der Waals surface area contributed by atoms with Crippen LogP contribution in [0.3, 0.4) is 0 Å². The van der Waals surface area contributed by atoms with Crippen molar-refractivity contribution in [3.8, 4) is 0 Å². The van der Waals surface area contributed by atoms with Crippen LogP contribution < -0.4 is 10.9 Å². The van der Waals surface area contributed by atoms with E-state index < -0.39 is 0 Å². The molecule has 106 valence electrons. The number of anilines is 1. The van der Waals surface area contributed by atoms with Crippen LogP contribution in [0.5, 0.6) is 0 Å². The van der Waals surface area contributed by atoms with Gasteiger partial charge in [-0.25, -0.2) is 0 Å². The number of nitrogens with one attached hydrogen (secondary N) is 2. The van der Waals surface area contributed by atoms with E-state index in [1.165, 1.54) is 0 Å². The van der Waals surface area contributed by atoms with E-state index in [1.54, 1.807) is 17.5 Å². The minimum absolute atomic E-state index is 0.220. The summed E-state index contributed by atoms with van der Waals surface area (Å²) in [5.74, 6) is 0.348. The van der Waals surface area contributed by atoms with Gasteiger partial charge in [0.05, 0.1) is 12.2 Å². The molecule has 0 fully saturated rings. The van der Waals surface area contributed by atoms with Gasteiger partial charge in [0.15, 0.2) is 0 Å². The highest BCUT2D eigenvalue weighted by atomic mass is 32.1. The molecule has 3 aromatic heterocycles. The van der Waals surface area contributed by atoms with Crippen LogP contribution in [0.1, 0.15) is 16.3 Å². The third-order valence-electron chi connectivity index (χ3n) is 2.85. The first kappa shape index (κ1) is 13.4. The van der Waals surface area contributed by atoms with Crippen molar-refractivity contribution in [3.63, 3.8) is 0 Å². The monoisotopic (exact) mass is 299 g/mol. The molecule has 0 aliphatic carbocycles. The normalized spacial score (nSPS) is 10.5. The molecule has 0 aromatic carbocycles. The number of rotatable bonds is 5. The van der Waals surface area contributed by atoms with Crippen molar-refractivity contribution in [2.45, 2.75) is 13.0 Å². The Labute approximate surface area is 124 Å². The Hall–Kier alpha value is -2.54.